The lowest BCUT2D eigenvalue weighted by atomic mass is 9.79. The standard InChI is InChI=1S/C14H31N/c1-8-11(3)12(4)15-10-13(9-2)14(5,6)7/h11-13,15H,8-10H2,1-7H3. The third-order valence-corrected chi connectivity index (χ3v) is 3.90. The lowest BCUT2D eigenvalue weighted by molar-refractivity contribution is 0.212. The molecule has 1 N–H and O–H groups in total. The lowest BCUT2D eigenvalue weighted by Gasteiger charge is -2.32. The van der Waals surface area contributed by atoms with Crippen LogP contribution in [0.4, 0.5) is 0 Å². The van der Waals surface area contributed by atoms with Crippen LogP contribution in [0.2, 0.25) is 0 Å². The summed E-state index contributed by atoms with van der Waals surface area (Å²) in [4.78, 5) is 0. The molecule has 0 aliphatic heterocycles. The van der Waals surface area contributed by atoms with Crippen molar-refractivity contribution in [1.29, 1.82) is 0 Å². The van der Waals surface area contributed by atoms with Gasteiger partial charge in [-0.25, -0.2) is 0 Å². The minimum atomic E-state index is 0.428. The molecule has 1 heteroatoms. The molecule has 3 unspecified atom stereocenters. The Bertz CT molecular complexity index is 157. The third-order valence-electron chi connectivity index (χ3n) is 3.90. The molecular weight excluding hydrogens is 182 g/mol. The molecule has 3 atom stereocenters. The second-order valence-corrected chi connectivity index (χ2v) is 6.05. The number of rotatable bonds is 6. The SMILES string of the molecule is CCC(C)C(C)NCC(CC)C(C)(C)C. The van der Waals surface area contributed by atoms with Crippen LogP contribution < -0.4 is 5.32 Å². The zero-order chi connectivity index (χ0) is 12.1. The van der Waals surface area contributed by atoms with Gasteiger partial charge in [0.15, 0.2) is 0 Å². The van der Waals surface area contributed by atoms with E-state index in [4.69, 9.17) is 0 Å². The van der Waals surface area contributed by atoms with Gasteiger partial charge in [0.25, 0.3) is 0 Å². The Labute approximate surface area is 97.0 Å². The molecule has 0 fully saturated rings. The summed E-state index contributed by atoms with van der Waals surface area (Å²) in [5.74, 6) is 1.56. The van der Waals surface area contributed by atoms with Crippen molar-refractivity contribution >= 4 is 0 Å². The molecule has 0 heterocycles. The van der Waals surface area contributed by atoms with E-state index in [0.717, 1.165) is 18.4 Å². The summed E-state index contributed by atoms with van der Waals surface area (Å²) >= 11 is 0. The Morgan fingerprint density at radius 1 is 1.00 bits per heavy atom. The molecule has 0 aliphatic carbocycles. The third kappa shape index (κ3) is 5.55. The van der Waals surface area contributed by atoms with Crippen LogP contribution in [-0.2, 0) is 0 Å². The Morgan fingerprint density at radius 2 is 1.53 bits per heavy atom. The highest BCUT2D eigenvalue weighted by Crippen LogP contribution is 2.28. The summed E-state index contributed by atoms with van der Waals surface area (Å²) in [5, 5.41) is 3.69. The van der Waals surface area contributed by atoms with Crippen molar-refractivity contribution in [2.24, 2.45) is 17.3 Å². The predicted octanol–water partition coefficient (Wildman–Crippen LogP) is 4.08. The Morgan fingerprint density at radius 3 is 1.87 bits per heavy atom. The first kappa shape index (κ1) is 15.0. The van der Waals surface area contributed by atoms with Crippen molar-refractivity contribution in [3.8, 4) is 0 Å². The van der Waals surface area contributed by atoms with E-state index >= 15 is 0 Å². The van der Waals surface area contributed by atoms with Crippen molar-refractivity contribution in [2.45, 2.75) is 67.3 Å². The van der Waals surface area contributed by atoms with Gasteiger partial charge in [-0.05, 0) is 30.7 Å². The van der Waals surface area contributed by atoms with Gasteiger partial charge in [0.2, 0.25) is 0 Å². The molecule has 0 bridgehead atoms. The highest BCUT2D eigenvalue weighted by Gasteiger charge is 2.23. The molecule has 0 radical (unpaired) electrons. The Hall–Kier alpha value is -0.0400. The van der Waals surface area contributed by atoms with Gasteiger partial charge in [-0.2, -0.15) is 0 Å². The van der Waals surface area contributed by atoms with Crippen LogP contribution in [0.1, 0.15) is 61.3 Å². The van der Waals surface area contributed by atoms with Crippen LogP contribution in [0, 0.1) is 17.3 Å². The monoisotopic (exact) mass is 213 g/mol. The predicted molar refractivity (Wildman–Crippen MR) is 70.2 cm³/mol. The molecule has 15 heavy (non-hydrogen) atoms. The second kappa shape index (κ2) is 6.52. The van der Waals surface area contributed by atoms with Crippen molar-refractivity contribution in [1.82, 2.24) is 5.32 Å². The molecule has 1 nitrogen and oxygen atoms in total. The molecular formula is C14H31N. The van der Waals surface area contributed by atoms with Crippen LogP contribution in [0.3, 0.4) is 0 Å². The van der Waals surface area contributed by atoms with Gasteiger partial charge in [-0.15, -0.1) is 0 Å². The molecule has 0 aromatic rings. The molecule has 0 saturated carbocycles. The van der Waals surface area contributed by atoms with Crippen LogP contribution >= 0.6 is 0 Å². The van der Waals surface area contributed by atoms with Gasteiger partial charge in [-0.3, -0.25) is 0 Å². The minimum Gasteiger partial charge on any atom is -0.314 e. The summed E-state index contributed by atoms with van der Waals surface area (Å²) < 4.78 is 0. The maximum atomic E-state index is 3.69. The first-order valence-electron chi connectivity index (χ1n) is 6.56. The quantitative estimate of drug-likeness (QED) is 0.701. The van der Waals surface area contributed by atoms with E-state index < -0.39 is 0 Å². The van der Waals surface area contributed by atoms with E-state index in [1.165, 1.54) is 12.8 Å². The summed E-state index contributed by atoms with van der Waals surface area (Å²) in [6.07, 6.45) is 2.53. The zero-order valence-electron chi connectivity index (χ0n) is 11.9. The molecule has 0 saturated heterocycles. The van der Waals surface area contributed by atoms with Crippen molar-refractivity contribution in [3.63, 3.8) is 0 Å². The van der Waals surface area contributed by atoms with Crippen molar-refractivity contribution < 1.29 is 0 Å². The van der Waals surface area contributed by atoms with E-state index in [1.807, 2.05) is 0 Å². The maximum Gasteiger partial charge on any atom is 0.00643 e. The molecule has 92 valence electrons. The fourth-order valence-corrected chi connectivity index (χ4v) is 1.95. The fourth-order valence-electron chi connectivity index (χ4n) is 1.95. The number of hydrogen-bond donors (Lipinski definition) is 1. The Balaban J connectivity index is 4.01. The summed E-state index contributed by atoms with van der Waals surface area (Å²) in [5.41, 5.74) is 0.428. The van der Waals surface area contributed by atoms with Crippen LogP contribution in [0.5, 0.6) is 0 Å². The van der Waals surface area contributed by atoms with E-state index in [1.54, 1.807) is 0 Å². The van der Waals surface area contributed by atoms with Gasteiger partial charge < -0.3 is 5.32 Å². The number of hydrogen-bond acceptors (Lipinski definition) is 1. The summed E-state index contributed by atoms with van der Waals surface area (Å²) in [6.45, 7) is 17.4. The smallest absolute Gasteiger partial charge is 0.00643 e. The average Bonchev–Trinajstić information content (AvgIpc) is 2.15. The summed E-state index contributed by atoms with van der Waals surface area (Å²) in [6, 6.07) is 0.645. The lowest BCUT2D eigenvalue weighted by Crippen LogP contribution is -2.39. The van der Waals surface area contributed by atoms with Gasteiger partial charge in [0.05, 0.1) is 0 Å². The van der Waals surface area contributed by atoms with E-state index in [0.29, 0.717) is 11.5 Å². The first-order valence-corrected chi connectivity index (χ1v) is 6.56. The molecule has 0 aromatic heterocycles. The minimum absolute atomic E-state index is 0.428. The molecule has 0 rings (SSSR count). The molecule has 0 aromatic carbocycles. The van der Waals surface area contributed by atoms with Gasteiger partial charge in [0, 0.05) is 6.04 Å². The fraction of sp³-hybridized carbons (Fsp3) is 1.00. The summed E-state index contributed by atoms with van der Waals surface area (Å²) in [7, 11) is 0. The van der Waals surface area contributed by atoms with Crippen molar-refractivity contribution in [2.75, 3.05) is 6.54 Å². The van der Waals surface area contributed by atoms with Gasteiger partial charge >= 0.3 is 0 Å². The highest BCUT2D eigenvalue weighted by atomic mass is 14.9. The molecule has 0 aliphatic rings. The zero-order valence-corrected chi connectivity index (χ0v) is 11.9. The maximum absolute atomic E-state index is 3.69. The van der Waals surface area contributed by atoms with Crippen LogP contribution in [0.15, 0.2) is 0 Å². The second-order valence-electron chi connectivity index (χ2n) is 6.05. The first-order chi connectivity index (χ1) is 6.82. The van der Waals surface area contributed by atoms with E-state index in [2.05, 4.69) is 53.8 Å². The average molecular weight is 213 g/mol. The highest BCUT2D eigenvalue weighted by molar-refractivity contribution is 4.77. The largest absolute Gasteiger partial charge is 0.314 e. The Kier molecular flexibility index (Phi) is 6.51. The van der Waals surface area contributed by atoms with E-state index in [-0.39, 0.29) is 0 Å². The molecule has 0 spiro atoms. The van der Waals surface area contributed by atoms with Crippen LogP contribution in [-0.4, -0.2) is 12.6 Å². The van der Waals surface area contributed by atoms with Gasteiger partial charge in [0.1, 0.15) is 0 Å². The topological polar surface area (TPSA) is 12.0 Å². The van der Waals surface area contributed by atoms with E-state index in [9.17, 15) is 0 Å². The van der Waals surface area contributed by atoms with Crippen LogP contribution in [0.25, 0.3) is 0 Å². The van der Waals surface area contributed by atoms with Gasteiger partial charge in [-0.1, -0.05) is 54.4 Å². The molecule has 0 amide bonds. The number of nitrogens with one attached hydrogen (secondary N) is 1. The van der Waals surface area contributed by atoms with Crippen molar-refractivity contribution in [3.05, 3.63) is 0 Å². The normalized spacial score (nSPS) is 18.6.